The van der Waals surface area contributed by atoms with Crippen molar-refractivity contribution in [1.29, 1.82) is 0 Å². The fraction of sp³-hybridized carbons (Fsp3) is 0.438. The van der Waals surface area contributed by atoms with Crippen LogP contribution in [0.5, 0.6) is 0 Å². The molecule has 0 fully saturated rings. The van der Waals surface area contributed by atoms with Crippen LogP contribution in [0, 0.1) is 19.8 Å². The molecule has 1 N–H and O–H groups in total. The fourth-order valence-electron chi connectivity index (χ4n) is 3.24. The Morgan fingerprint density at radius 3 is 2.96 bits per heavy atom. The van der Waals surface area contributed by atoms with E-state index in [1.807, 2.05) is 25.5 Å². The zero-order chi connectivity index (χ0) is 16.8. The molecular weight excluding hydrogens is 306 g/mol. The Morgan fingerprint density at radius 1 is 1.33 bits per heavy atom. The van der Waals surface area contributed by atoms with E-state index in [9.17, 15) is 4.79 Å². The van der Waals surface area contributed by atoms with Crippen molar-refractivity contribution < 1.29 is 4.79 Å². The number of carbonyl (C=O) groups excluding carboxylic acids is 1. The Bertz CT molecular complexity index is 939. The van der Waals surface area contributed by atoms with Crippen LogP contribution in [-0.4, -0.2) is 41.8 Å². The summed E-state index contributed by atoms with van der Waals surface area (Å²) in [6.45, 7) is 5.31. The number of hydrogen-bond acceptors (Lipinski definition) is 5. The summed E-state index contributed by atoms with van der Waals surface area (Å²) >= 11 is 0. The molecule has 8 nitrogen and oxygen atoms in total. The van der Waals surface area contributed by atoms with Gasteiger partial charge >= 0.3 is 0 Å². The van der Waals surface area contributed by atoms with Gasteiger partial charge in [0.15, 0.2) is 5.65 Å². The lowest BCUT2D eigenvalue weighted by molar-refractivity contribution is 0.0948. The first-order valence-corrected chi connectivity index (χ1v) is 7.99. The highest BCUT2D eigenvalue weighted by Gasteiger charge is 2.25. The minimum atomic E-state index is -0.111. The second-order valence-corrected chi connectivity index (χ2v) is 6.30. The summed E-state index contributed by atoms with van der Waals surface area (Å²) in [6, 6.07) is 1.72. The van der Waals surface area contributed by atoms with Crippen molar-refractivity contribution in [3.8, 4) is 0 Å². The molecule has 1 aliphatic rings. The number of pyridine rings is 1. The van der Waals surface area contributed by atoms with Gasteiger partial charge in [0.05, 0.1) is 5.56 Å². The predicted octanol–water partition coefficient (Wildman–Crippen LogP) is 0.779. The summed E-state index contributed by atoms with van der Waals surface area (Å²) in [4.78, 5) is 21.4. The smallest absolute Gasteiger partial charge is 0.253 e. The summed E-state index contributed by atoms with van der Waals surface area (Å²) in [5.41, 5.74) is 1.94. The third-order valence-electron chi connectivity index (χ3n) is 4.70. The second-order valence-electron chi connectivity index (χ2n) is 6.30. The molecule has 24 heavy (non-hydrogen) atoms. The maximum atomic E-state index is 12.6. The number of amides is 1. The highest BCUT2D eigenvalue weighted by Crippen LogP contribution is 2.20. The normalized spacial score (nSPS) is 16.5. The van der Waals surface area contributed by atoms with Gasteiger partial charge in [-0.15, -0.1) is 10.2 Å². The van der Waals surface area contributed by atoms with Gasteiger partial charge in [0.25, 0.3) is 5.91 Å². The first kappa shape index (κ1) is 14.8. The van der Waals surface area contributed by atoms with Crippen LogP contribution < -0.4 is 5.32 Å². The number of aryl methyl sites for hydroxylation is 3. The highest BCUT2D eigenvalue weighted by molar-refractivity contribution is 6.04. The molecule has 4 rings (SSSR count). The van der Waals surface area contributed by atoms with Crippen LogP contribution in [-0.2, 0) is 20.0 Å². The molecule has 0 aliphatic carbocycles. The lowest BCUT2D eigenvalue weighted by atomic mass is 10.1. The molecule has 1 atom stereocenters. The maximum absolute atomic E-state index is 12.6. The number of imidazole rings is 1. The predicted molar refractivity (Wildman–Crippen MR) is 87.5 cm³/mol. The summed E-state index contributed by atoms with van der Waals surface area (Å²) in [7, 11) is 1.90. The Morgan fingerprint density at radius 2 is 2.17 bits per heavy atom. The van der Waals surface area contributed by atoms with E-state index in [0.29, 0.717) is 23.5 Å². The lowest BCUT2D eigenvalue weighted by Gasteiger charge is -2.11. The molecule has 1 unspecified atom stereocenters. The van der Waals surface area contributed by atoms with Crippen LogP contribution in [0.3, 0.4) is 0 Å². The third-order valence-corrected chi connectivity index (χ3v) is 4.70. The average Bonchev–Trinajstić information content (AvgIpc) is 3.21. The number of hydrogen-bond donors (Lipinski definition) is 1. The number of aromatic nitrogens is 6. The Labute approximate surface area is 138 Å². The third kappa shape index (κ3) is 2.26. The van der Waals surface area contributed by atoms with Gasteiger partial charge < -0.3 is 14.5 Å². The highest BCUT2D eigenvalue weighted by atomic mass is 16.1. The Balaban J connectivity index is 1.49. The first-order valence-electron chi connectivity index (χ1n) is 7.99. The molecule has 0 radical (unpaired) electrons. The molecule has 0 bridgehead atoms. The van der Waals surface area contributed by atoms with E-state index < -0.39 is 0 Å². The summed E-state index contributed by atoms with van der Waals surface area (Å²) in [6.07, 6.45) is 2.49. The molecule has 1 amide bonds. The molecule has 3 aromatic heterocycles. The van der Waals surface area contributed by atoms with E-state index in [-0.39, 0.29) is 5.91 Å². The number of fused-ring (bicyclic) bond motifs is 2. The van der Waals surface area contributed by atoms with Crippen molar-refractivity contribution in [2.75, 3.05) is 6.54 Å². The van der Waals surface area contributed by atoms with Crippen LogP contribution in [0.2, 0.25) is 0 Å². The standard InChI is InChI=1S/C16H19N7O/c1-9-19-14-12(4-5-17-15(14)22(9)3)16(24)18-7-11-6-13-21-20-10(2)23(13)8-11/h4-5,11H,6-8H2,1-3H3,(H,18,24). The lowest BCUT2D eigenvalue weighted by Crippen LogP contribution is -2.30. The van der Waals surface area contributed by atoms with Crippen LogP contribution in [0.1, 0.15) is 27.8 Å². The summed E-state index contributed by atoms with van der Waals surface area (Å²) in [5, 5.41) is 11.3. The minimum Gasteiger partial charge on any atom is -0.352 e. The maximum Gasteiger partial charge on any atom is 0.253 e. The second kappa shape index (κ2) is 5.40. The minimum absolute atomic E-state index is 0.111. The van der Waals surface area contributed by atoms with Crippen molar-refractivity contribution in [2.24, 2.45) is 13.0 Å². The Hall–Kier alpha value is -2.77. The number of nitrogens with one attached hydrogen (secondary N) is 1. The molecule has 0 spiro atoms. The fourth-order valence-corrected chi connectivity index (χ4v) is 3.24. The van der Waals surface area contributed by atoms with E-state index in [1.165, 1.54) is 0 Å². The van der Waals surface area contributed by atoms with Gasteiger partial charge in [0.2, 0.25) is 0 Å². The van der Waals surface area contributed by atoms with Crippen LogP contribution >= 0.6 is 0 Å². The number of carbonyl (C=O) groups is 1. The molecule has 4 heterocycles. The molecule has 0 saturated carbocycles. The van der Waals surface area contributed by atoms with Gasteiger partial charge in [0.1, 0.15) is 23.0 Å². The van der Waals surface area contributed by atoms with E-state index in [2.05, 4.69) is 30.0 Å². The van der Waals surface area contributed by atoms with E-state index >= 15 is 0 Å². The monoisotopic (exact) mass is 325 g/mol. The van der Waals surface area contributed by atoms with E-state index in [4.69, 9.17) is 0 Å². The van der Waals surface area contributed by atoms with Gasteiger partial charge in [-0.05, 0) is 19.9 Å². The van der Waals surface area contributed by atoms with Crippen molar-refractivity contribution in [3.63, 3.8) is 0 Å². The molecule has 1 aliphatic heterocycles. The average molecular weight is 325 g/mol. The SMILES string of the molecule is Cc1nnc2n1CC(CNC(=O)c1ccnc3c1nc(C)n3C)C2. The first-order chi connectivity index (χ1) is 11.5. The number of rotatable bonds is 3. The molecule has 0 aromatic carbocycles. The zero-order valence-corrected chi connectivity index (χ0v) is 13.9. The van der Waals surface area contributed by atoms with Gasteiger partial charge in [0, 0.05) is 38.7 Å². The molecular formula is C16H19N7O. The van der Waals surface area contributed by atoms with Crippen molar-refractivity contribution in [3.05, 3.63) is 35.3 Å². The summed E-state index contributed by atoms with van der Waals surface area (Å²) < 4.78 is 4.00. The van der Waals surface area contributed by atoms with Gasteiger partial charge in [-0.2, -0.15) is 0 Å². The molecule has 0 saturated heterocycles. The zero-order valence-electron chi connectivity index (χ0n) is 13.9. The molecule has 3 aromatic rings. The topological polar surface area (TPSA) is 90.5 Å². The largest absolute Gasteiger partial charge is 0.352 e. The quantitative estimate of drug-likeness (QED) is 0.768. The van der Waals surface area contributed by atoms with Crippen molar-refractivity contribution in [2.45, 2.75) is 26.8 Å². The van der Waals surface area contributed by atoms with Gasteiger partial charge in [-0.1, -0.05) is 0 Å². The van der Waals surface area contributed by atoms with Crippen LogP contribution in [0.4, 0.5) is 0 Å². The molecule has 124 valence electrons. The van der Waals surface area contributed by atoms with E-state index in [0.717, 1.165) is 36.1 Å². The van der Waals surface area contributed by atoms with Crippen molar-refractivity contribution in [1.82, 2.24) is 34.6 Å². The molecule has 8 heteroatoms. The Kier molecular flexibility index (Phi) is 3.33. The van der Waals surface area contributed by atoms with Gasteiger partial charge in [-0.3, -0.25) is 4.79 Å². The van der Waals surface area contributed by atoms with Gasteiger partial charge in [-0.25, -0.2) is 9.97 Å². The van der Waals surface area contributed by atoms with Crippen LogP contribution in [0.25, 0.3) is 11.2 Å². The van der Waals surface area contributed by atoms with Crippen molar-refractivity contribution >= 4 is 17.1 Å². The van der Waals surface area contributed by atoms with E-state index in [1.54, 1.807) is 12.3 Å². The van der Waals surface area contributed by atoms with Crippen LogP contribution in [0.15, 0.2) is 12.3 Å². The summed E-state index contributed by atoms with van der Waals surface area (Å²) in [5.74, 6) is 3.00. The number of nitrogens with zero attached hydrogens (tertiary/aromatic N) is 6.